The van der Waals surface area contributed by atoms with E-state index in [1.807, 2.05) is 40.1 Å². The predicted octanol–water partition coefficient (Wildman–Crippen LogP) is 4.19. The maximum atomic E-state index is 13.5. The van der Waals surface area contributed by atoms with Crippen molar-refractivity contribution < 1.29 is 18.7 Å². The summed E-state index contributed by atoms with van der Waals surface area (Å²) in [6.45, 7) is 7.02. The number of carbonyl (C=O) groups excluding carboxylic acids is 2. The minimum Gasteiger partial charge on any atom is -0.491 e. The molecule has 3 aromatic carbocycles. The quantitative estimate of drug-likeness (QED) is 0.554. The summed E-state index contributed by atoms with van der Waals surface area (Å²) in [6, 6.07) is 20.0. The molecule has 0 unspecified atom stereocenters. The summed E-state index contributed by atoms with van der Waals surface area (Å²) in [5.41, 5.74) is 4.50. The number of hydrogen-bond donors (Lipinski definition) is 0. The Bertz CT molecular complexity index is 1250. The van der Waals surface area contributed by atoms with Crippen LogP contribution in [0.4, 0.5) is 4.39 Å². The zero-order valence-electron chi connectivity index (χ0n) is 20.5. The lowest BCUT2D eigenvalue weighted by Crippen LogP contribution is -2.47. The van der Waals surface area contributed by atoms with Crippen molar-refractivity contribution in [3.05, 3.63) is 89.2 Å². The van der Waals surface area contributed by atoms with Gasteiger partial charge in [0, 0.05) is 57.3 Å². The molecule has 0 saturated carbocycles. The molecular formula is C29H30FN3O3. The lowest BCUT2D eigenvalue weighted by atomic mass is 10.0. The fraction of sp³-hybridized carbons (Fsp3) is 0.310. The largest absolute Gasteiger partial charge is 0.491 e. The molecule has 6 nitrogen and oxygen atoms in total. The molecule has 3 aromatic rings. The Morgan fingerprint density at radius 1 is 0.861 bits per heavy atom. The number of carbonyl (C=O) groups is 2. The van der Waals surface area contributed by atoms with Crippen molar-refractivity contribution in [1.29, 1.82) is 0 Å². The second-order valence-electron chi connectivity index (χ2n) is 9.39. The van der Waals surface area contributed by atoms with Crippen LogP contribution >= 0.6 is 0 Å². The van der Waals surface area contributed by atoms with Gasteiger partial charge in [-0.15, -0.1) is 0 Å². The van der Waals surface area contributed by atoms with Crippen LogP contribution in [0.15, 0.2) is 66.7 Å². The van der Waals surface area contributed by atoms with Gasteiger partial charge >= 0.3 is 0 Å². The van der Waals surface area contributed by atoms with Gasteiger partial charge in [0.25, 0.3) is 5.91 Å². The van der Waals surface area contributed by atoms with Crippen LogP contribution < -0.4 is 4.74 Å². The molecule has 2 amide bonds. The van der Waals surface area contributed by atoms with Crippen molar-refractivity contribution >= 4 is 11.8 Å². The molecular weight excluding hydrogens is 457 g/mol. The van der Waals surface area contributed by atoms with Gasteiger partial charge in [0.2, 0.25) is 5.91 Å². The van der Waals surface area contributed by atoms with Crippen LogP contribution in [0.3, 0.4) is 0 Å². The summed E-state index contributed by atoms with van der Waals surface area (Å²) in [6.07, 6.45) is 0. The molecule has 0 radical (unpaired) electrons. The number of fused-ring (bicyclic) bond motifs is 1. The van der Waals surface area contributed by atoms with E-state index in [1.54, 1.807) is 19.1 Å². The Morgan fingerprint density at radius 3 is 2.39 bits per heavy atom. The van der Waals surface area contributed by atoms with Crippen LogP contribution in [0.5, 0.6) is 5.75 Å². The highest BCUT2D eigenvalue weighted by atomic mass is 19.1. The van der Waals surface area contributed by atoms with E-state index in [9.17, 15) is 14.0 Å². The molecule has 0 N–H and O–H groups in total. The molecule has 36 heavy (non-hydrogen) atoms. The Balaban J connectivity index is 1.29. The number of benzene rings is 3. The fourth-order valence-electron chi connectivity index (χ4n) is 4.86. The molecule has 2 aliphatic heterocycles. The van der Waals surface area contributed by atoms with Crippen LogP contribution in [-0.4, -0.2) is 65.8 Å². The average Bonchev–Trinajstić information content (AvgIpc) is 3.11. The van der Waals surface area contributed by atoms with Crippen molar-refractivity contribution in [3.8, 4) is 16.9 Å². The van der Waals surface area contributed by atoms with E-state index < -0.39 is 0 Å². The van der Waals surface area contributed by atoms with E-state index in [1.165, 1.54) is 17.7 Å². The first-order chi connectivity index (χ1) is 17.5. The van der Waals surface area contributed by atoms with E-state index in [0.29, 0.717) is 25.3 Å². The molecule has 0 atom stereocenters. The van der Waals surface area contributed by atoms with Gasteiger partial charge in [-0.25, -0.2) is 4.39 Å². The Labute approximate surface area is 210 Å². The van der Waals surface area contributed by atoms with E-state index in [0.717, 1.165) is 55.2 Å². The summed E-state index contributed by atoms with van der Waals surface area (Å²) >= 11 is 0. The molecule has 0 bridgehead atoms. The number of piperazine rings is 1. The second kappa shape index (κ2) is 10.5. The number of rotatable bonds is 4. The molecule has 2 aliphatic rings. The van der Waals surface area contributed by atoms with Crippen LogP contribution in [0, 0.1) is 5.82 Å². The Hall–Kier alpha value is -3.71. The lowest BCUT2D eigenvalue weighted by molar-refractivity contribution is -0.130. The Kier molecular flexibility index (Phi) is 7.00. The van der Waals surface area contributed by atoms with Gasteiger partial charge in [-0.1, -0.05) is 30.3 Å². The van der Waals surface area contributed by atoms with Gasteiger partial charge in [-0.05, 0) is 53.1 Å². The lowest BCUT2D eigenvalue weighted by Gasteiger charge is -2.34. The third kappa shape index (κ3) is 5.41. The standard InChI is InChI=1S/C29H30FN3O3/c1-21(34)32-13-11-31(12-14-32)19-22-5-10-28-26(17-22)20-33(15-16-36-28)29(35)25-4-2-3-24(18-25)23-6-8-27(30)9-7-23/h2-10,17-18H,11-16,19-20H2,1H3. The molecule has 5 rings (SSSR count). The SMILES string of the molecule is CC(=O)N1CCN(Cc2ccc3c(c2)CN(C(=O)c2cccc(-c4ccc(F)cc4)c2)CCO3)CC1. The highest BCUT2D eigenvalue weighted by molar-refractivity contribution is 5.95. The normalized spacial score (nSPS) is 16.2. The van der Waals surface area contributed by atoms with Crippen LogP contribution in [0.25, 0.3) is 11.1 Å². The Morgan fingerprint density at radius 2 is 1.64 bits per heavy atom. The highest BCUT2D eigenvalue weighted by Gasteiger charge is 2.23. The third-order valence-corrected chi connectivity index (χ3v) is 6.90. The molecule has 0 spiro atoms. The topological polar surface area (TPSA) is 53.1 Å². The first kappa shape index (κ1) is 24.0. The van der Waals surface area contributed by atoms with Gasteiger partial charge in [0.1, 0.15) is 18.2 Å². The molecule has 1 saturated heterocycles. The molecule has 0 aromatic heterocycles. The van der Waals surface area contributed by atoms with E-state index in [2.05, 4.69) is 17.0 Å². The van der Waals surface area contributed by atoms with Gasteiger partial charge in [-0.3, -0.25) is 14.5 Å². The van der Waals surface area contributed by atoms with Crippen molar-refractivity contribution in [1.82, 2.24) is 14.7 Å². The predicted molar refractivity (Wildman–Crippen MR) is 136 cm³/mol. The first-order valence-corrected chi connectivity index (χ1v) is 12.3. The number of nitrogens with zero attached hydrogens (tertiary/aromatic N) is 3. The molecule has 186 valence electrons. The summed E-state index contributed by atoms with van der Waals surface area (Å²) in [7, 11) is 0. The van der Waals surface area contributed by atoms with Crippen LogP contribution in [0.1, 0.15) is 28.4 Å². The van der Waals surface area contributed by atoms with Crippen LogP contribution in [-0.2, 0) is 17.9 Å². The van der Waals surface area contributed by atoms with E-state index >= 15 is 0 Å². The van der Waals surface area contributed by atoms with E-state index in [4.69, 9.17) is 4.74 Å². The molecule has 1 fully saturated rings. The van der Waals surface area contributed by atoms with Gasteiger partial charge < -0.3 is 14.5 Å². The summed E-state index contributed by atoms with van der Waals surface area (Å²) < 4.78 is 19.3. The molecule has 7 heteroatoms. The maximum Gasteiger partial charge on any atom is 0.254 e. The zero-order valence-corrected chi connectivity index (χ0v) is 20.5. The van der Waals surface area contributed by atoms with Crippen molar-refractivity contribution in [2.75, 3.05) is 39.3 Å². The van der Waals surface area contributed by atoms with Crippen molar-refractivity contribution in [3.63, 3.8) is 0 Å². The van der Waals surface area contributed by atoms with Crippen molar-refractivity contribution in [2.24, 2.45) is 0 Å². The highest BCUT2D eigenvalue weighted by Crippen LogP contribution is 2.27. The maximum absolute atomic E-state index is 13.5. The summed E-state index contributed by atoms with van der Waals surface area (Å²) in [5, 5.41) is 0. The third-order valence-electron chi connectivity index (χ3n) is 6.90. The van der Waals surface area contributed by atoms with Gasteiger partial charge in [0.15, 0.2) is 0 Å². The number of halogens is 1. The van der Waals surface area contributed by atoms with Crippen molar-refractivity contribution in [2.45, 2.75) is 20.0 Å². The smallest absolute Gasteiger partial charge is 0.254 e. The summed E-state index contributed by atoms with van der Waals surface area (Å²) in [5.74, 6) is 0.605. The minimum atomic E-state index is -0.285. The molecule has 0 aliphatic carbocycles. The first-order valence-electron chi connectivity index (χ1n) is 12.3. The van der Waals surface area contributed by atoms with Crippen LogP contribution in [0.2, 0.25) is 0 Å². The van der Waals surface area contributed by atoms with E-state index in [-0.39, 0.29) is 17.6 Å². The molecule has 2 heterocycles. The summed E-state index contributed by atoms with van der Waals surface area (Å²) in [4.78, 5) is 31.1. The average molecular weight is 488 g/mol. The number of ether oxygens (including phenoxy) is 1. The monoisotopic (exact) mass is 487 g/mol. The minimum absolute atomic E-state index is 0.0545. The second-order valence-corrected chi connectivity index (χ2v) is 9.39. The van der Waals surface area contributed by atoms with Gasteiger partial charge in [0.05, 0.1) is 6.54 Å². The fourth-order valence-corrected chi connectivity index (χ4v) is 4.86. The zero-order chi connectivity index (χ0) is 25.1. The number of hydrogen-bond acceptors (Lipinski definition) is 4. The van der Waals surface area contributed by atoms with Gasteiger partial charge in [-0.2, -0.15) is 0 Å². The number of amides is 2.